The van der Waals surface area contributed by atoms with E-state index in [1.54, 1.807) is 12.1 Å². The minimum Gasteiger partial charge on any atom is -0.465 e. The van der Waals surface area contributed by atoms with Crippen LogP contribution in [0.4, 0.5) is 11.4 Å². The van der Waals surface area contributed by atoms with Crippen LogP contribution >= 0.6 is 0 Å². The summed E-state index contributed by atoms with van der Waals surface area (Å²) in [5.41, 5.74) is 15.4. The van der Waals surface area contributed by atoms with Gasteiger partial charge in [-0.15, -0.1) is 0 Å². The summed E-state index contributed by atoms with van der Waals surface area (Å²) in [7, 11) is 1.29. The molecule has 0 aromatic heterocycles. The molecule has 0 bridgehead atoms. The Kier molecular flexibility index (Phi) is 4.30. The Morgan fingerprint density at radius 2 is 2.38 bits per heavy atom. The maximum Gasteiger partial charge on any atom is 0.337 e. The zero-order valence-corrected chi connectivity index (χ0v) is 11.5. The number of hydrogen-bond acceptors (Lipinski definition) is 5. The largest absolute Gasteiger partial charge is 0.465 e. The van der Waals surface area contributed by atoms with Crippen LogP contribution in [-0.4, -0.2) is 32.1 Å². The van der Waals surface area contributed by atoms with E-state index in [1.165, 1.54) is 18.1 Å². The highest BCUT2D eigenvalue weighted by atomic mass is 16.5. The molecule has 1 aromatic rings. The lowest BCUT2D eigenvalue weighted by molar-refractivity contribution is -0.117. The predicted octanol–water partition coefficient (Wildman–Crippen LogP) is 1.72. The first-order chi connectivity index (χ1) is 10.1. The number of nitrogens with two attached hydrogens (primary N) is 1. The number of carbonyl (C=O) groups excluding carboxylic acids is 2. The van der Waals surface area contributed by atoms with Crippen molar-refractivity contribution in [2.75, 3.05) is 30.8 Å². The standard InChI is InChI=1S/C13H15N5O3/c1-21-13(20)9-2-3-10(14)11(5-9)18-7-8(4-12(18)19)6-16-17-15/h2-3,5,8H,4,6-7,14H2,1H3. The maximum atomic E-state index is 12.1. The minimum atomic E-state index is -0.492. The molecule has 2 rings (SSSR count). The minimum absolute atomic E-state index is 0.0467. The van der Waals surface area contributed by atoms with E-state index in [1.807, 2.05) is 0 Å². The second kappa shape index (κ2) is 6.15. The number of rotatable bonds is 4. The normalized spacial score (nSPS) is 17.5. The average Bonchev–Trinajstić information content (AvgIpc) is 2.85. The zero-order chi connectivity index (χ0) is 15.4. The molecule has 1 aliphatic heterocycles. The fourth-order valence-electron chi connectivity index (χ4n) is 2.31. The SMILES string of the molecule is COC(=O)c1ccc(N)c(N2CC(CN=[N+]=[N-])CC2=O)c1. The van der Waals surface area contributed by atoms with Gasteiger partial charge in [-0.3, -0.25) is 4.79 Å². The van der Waals surface area contributed by atoms with Crippen LogP contribution in [0, 0.1) is 5.92 Å². The molecule has 110 valence electrons. The van der Waals surface area contributed by atoms with Gasteiger partial charge in [-0.2, -0.15) is 0 Å². The van der Waals surface area contributed by atoms with Crippen LogP contribution < -0.4 is 10.6 Å². The summed E-state index contributed by atoms with van der Waals surface area (Å²) < 4.78 is 4.66. The van der Waals surface area contributed by atoms with E-state index in [0.717, 1.165) is 0 Å². The first kappa shape index (κ1) is 14.7. The third-order valence-corrected chi connectivity index (χ3v) is 3.35. The number of benzene rings is 1. The summed E-state index contributed by atoms with van der Waals surface area (Å²) in [6.45, 7) is 0.669. The monoisotopic (exact) mass is 289 g/mol. The van der Waals surface area contributed by atoms with Crippen molar-refractivity contribution in [2.24, 2.45) is 11.0 Å². The Labute approximate surface area is 121 Å². The molecule has 0 saturated carbocycles. The molecule has 0 radical (unpaired) electrons. The molecule has 8 nitrogen and oxygen atoms in total. The van der Waals surface area contributed by atoms with Crippen LogP contribution in [0.25, 0.3) is 10.4 Å². The van der Waals surface area contributed by atoms with Gasteiger partial charge in [0.25, 0.3) is 0 Å². The van der Waals surface area contributed by atoms with Gasteiger partial charge < -0.3 is 15.4 Å². The molecule has 1 heterocycles. The molecular weight excluding hydrogens is 274 g/mol. The Bertz CT molecular complexity index is 624. The van der Waals surface area contributed by atoms with Crippen LogP contribution in [-0.2, 0) is 9.53 Å². The van der Waals surface area contributed by atoms with Gasteiger partial charge in [-0.05, 0) is 29.6 Å². The molecule has 1 aromatic carbocycles. The van der Waals surface area contributed by atoms with Crippen molar-refractivity contribution >= 4 is 23.3 Å². The molecule has 21 heavy (non-hydrogen) atoms. The van der Waals surface area contributed by atoms with Gasteiger partial charge in [0.1, 0.15) is 0 Å². The third kappa shape index (κ3) is 3.06. The average molecular weight is 289 g/mol. The molecule has 0 spiro atoms. The van der Waals surface area contributed by atoms with Crippen molar-refractivity contribution in [2.45, 2.75) is 6.42 Å². The van der Waals surface area contributed by atoms with Crippen LogP contribution in [0.3, 0.4) is 0 Å². The van der Waals surface area contributed by atoms with Crippen LogP contribution in [0.15, 0.2) is 23.3 Å². The van der Waals surface area contributed by atoms with Crippen molar-refractivity contribution in [1.82, 2.24) is 0 Å². The van der Waals surface area contributed by atoms with Gasteiger partial charge in [0.15, 0.2) is 0 Å². The highest BCUT2D eigenvalue weighted by molar-refractivity contribution is 6.00. The number of azide groups is 1. The van der Waals surface area contributed by atoms with E-state index >= 15 is 0 Å². The summed E-state index contributed by atoms with van der Waals surface area (Å²) in [5, 5.41) is 3.49. The number of amides is 1. The van der Waals surface area contributed by atoms with Crippen LogP contribution in [0.2, 0.25) is 0 Å². The molecule has 1 fully saturated rings. The first-order valence-corrected chi connectivity index (χ1v) is 6.36. The first-order valence-electron chi connectivity index (χ1n) is 6.36. The van der Waals surface area contributed by atoms with Gasteiger partial charge in [0.05, 0.1) is 24.0 Å². The summed E-state index contributed by atoms with van der Waals surface area (Å²) in [6.07, 6.45) is 0.293. The summed E-state index contributed by atoms with van der Waals surface area (Å²) in [4.78, 5) is 27.8. The fourth-order valence-corrected chi connectivity index (χ4v) is 2.31. The van der Waals surface area contributed by atoms with Gasteiger partial charge >= 0.3 is 5.97 Å². The van der Waals surface area contributed by atoms with E-state index in [0.29, 0.717) is 29.9 Å². The number of carbonyl (C=O) groups is 2. The molecule has 1 amide bonds. The van der Waals surface area contributed by atoms with Crippen LogP contribution in [0.1, 0.15) is 16.8 Å². The highest BCUT2D eigenvalue weighted by Gasteiger charge is 2.31. The second-order valence-corrected chi connectivity index (χ2v) is 4.75. The predicted molar refractivity (Wildman–Crippen MR) is 76.7 cm³/mol. The number of ether oxygens (including phenoxy) is 1. The summed E-state index contributed by atoms with van der Waals surface area (Å²) in [6, 6.07) is 4.65. The molecule has 0 aliphatic carbocycles. The number of esters is 1. The molecular formula is C13H15N5O3. The number of nitrogen functional groups attached to an aromatic ring is 1. The van der Waals surface area contributed by atoms with E-state index in [-0.39, 0.29) is 18.4 Å². The lowest BCUT2D eigenvalue weighted by Gasteiger charge is -2.19. The number of nitrogens with zero attached hydrogens (tertiary/aromatic N) is 4. The molecule has 1 unspecified atom stereocenters. The van der Waals surface area contributed by atoms with E-state index in [2.05, 4.69) is 14.8 Å². The number of anilines is 2. The fraction of sp³-hybridized carbons (Fsp3) is 0.385. The summed E-state index contributed by atoms with van der Waals surface area (Å²) >= 11 is 0. The Morgan fingerprint density at radius 1 is 1.62 bits per heavy atom. The van der Waals surface area contributed by atoms with E-state index in [9.17, 15) is 9.59 Å². The maximum absolute atomic E-state index is 12.1. The smallest absolute Gasteiger partial charge is 0.337 e. The van der Waals surface area contributed by atoms with Gasteiger partial charge in [-0.25, -0.2) is 4.79 Å². The topological polar surface area (TPSA) is 121 Å². The van der Waals surface area contributed by atoms with Crippen molar-refractivity contribution in [3.05, 3.63) is 34.2 Å². The van der Waals surface area contributed by atoms with Crippen LogP contribution in [0.5, 0.6) is 0 Å². The quantitative estimate of drug-likeness (QED) is 0.298. The van der Waals surface area contributed by atoms with Gasteiger partial charge in [0.2, 0.25) is 5.91 Å². The highest BCUT2D eigenvalue weighted by Crippen LogP contribution is 2.31. The zero-order valence-electron chi connectivity index (χ0n) is 11.5. The summed E-state index contributed by atoms with van der Waals surface area (Å²) in [5.74, 6) is -0.648. The Morgan fingerprint density at radius 3 is 3.05 bits per heavy atom. The molecule has 1 atom stereocenters. The number of methoxy groups -OCH3 is 1. The van der Waals surface area contributed by atoms with Gasteiger partial charge in [0, 0.05) is 24.4 Å². The lowest BCUT2D eigenvalue weighted by atomic mass is 10.1. The van der Waals surface area contributed by atoms with Crippen molar-refractivity contribution in [3.63, 3.8) is 0 Å². The molecule has 8 heteroatoms. The Hall–Kier alpha value is -2.73. The van der Waals surface area contributed by atoms with Crippen molar-refractivity contribution in [1.29, 1.82) is 0 Å². The Balaban J connectivity index is 2.27. The van der Waals surface area contributed by atoms with Crippen molar-refractivity contribution < 1.29 is 14.3 Å². The van der Waals surface area contributed by atoms with Crippen molar-refractivity contribution in [3.8, 4) is 0 Å². The molecule has 2 N–H and O–H groups in total. The second-order valence-electron chi connectivity index (χ2n) is 4.75. The number of hydrogen-bond donors (Lipinski definition) is 1. The van der Waals surface area contributed by atoms with Gasteiger partial charge in [-0.1, -0.05) is 5.11 Å². The van der Waals surface area contributed by atoms with E-state index < -0.39 is 5.97 Å². The molecule has 1 aliphatic rings. The van der Waals surface area contributed by atoms with E-state index in [4.69, 9.17) is 11.3 Å². The lowest BCUT2D eigenvalue weighted by Crippen LogP contribution is -2.26. The molecule has 1 saturated heterocycles. The third-order valence-electron chi connectivity index (χ3n) is 3.35.